The Bertz CT molecular complexity index is 760. The van der Waals surface area contributed by atoms with Gasteiger partial charge in [-0.15, -0.1) is 0 Å². The molecular formula is C22H29N5. The lowest BCUT2D eigenvalue weighted by atomic mass is 9.97. The Hall–Kier alpha value is -2.24. The standard InChI is InChI=1S/C22H29N5/c23-22-8-4-7-20(26-22)11-19-13-24-14-21(19)25-12-18-9-10-27(16-18)15-17-5-2-1-3-6-17/h1-8,12,18-19,21,24H,9-11,13-16H2,(H2,23,26)/t18?,19-,21+/m1/s1. The molecule has 27 heavy (non-hydrogen) atoms. The highest BCUT2D eigenvalue weighted by Crippen LogP contribution is 2.21. The first-order valence-corrected chi connectivity index (χ1v) is 9.98. The maximum Gasteiger partial charge on any atom is 0.123 e. The Morgan fingerprint density at radius 1 is 1.15 bits per heavy atom. The second kappa shape index (κ2) is 8.63. The van der Waals surface area contributed by atoms with Crippen LogP contribution in [0.25, 0.3) is 0 Å². The van der Waals surface area contributed by atoms with E-state index < -0.39 is 0 Å². The van der Waals surface area contributed by atoms with Gasteiger partial charge in [0.05, 0.1) is 6.04 Å². The molecule has 2 aliphatic rings. The summed E-state index contributed by atoms with van der Waals surface area (Å²) < 4.78 is 0. The molecule has 4 rings (SSSR count). The van der Waals surface area contributed by atoms with E-state index in [2.05, 4.69) is 57.8 Å². The number of hydrogen-bond acceptors (Lipinski definition) is 5. The van der Waals surface area contributed by atoms with E-state index in [-0.39, 0.29) is 0 Å². The van der Waals surface area contributed by atoms with Crippen molar-refractivity contribution in [2.45, 2.75) is 25.4 Å². The Balaban J connectivity index is 1.30. The first-order valence-electron chi connectivity index (χ1n) is 9.98. The van der Waals surface area contributed by atoms with Crippen LogP contribution in [0.5, 0.6) is 0 Å². The smallest absolute Gasteiger partial charge is 0.123 e. The minimum atomic E-state index is 0.344. The van der Waals surface area contributed by atoms with Crippen molar-refractivity contribution < 1.29 is 0 Å². The van der Waals surface area contributed by atoms with E-state index in [1.807, 2.05) is 12.1 Å². The molecule has 0 bridgehead atoms. The van der Waals surface area contributed by atoms with E-state index in [1.54, 1.807) is 0 Å². The molecule has 1 unspecified atom stereocenters. The quantitative estimate of drug-likeness (QED) is 0.774. The number of benzene rings is 1. The van der Waals surface area contributed by atoms with Crippen molar-refractivity contribution in [2.75, 3.05) is 31.9 Å². The highest BCUT2D eigenvalue weighted by molar-refractivity contribution is 5.62. The molecule has 0 aliphatic carbocycles. The molecule has 0 amide bonds. The molecule has 0 saturated carbocycles. The second-order valence-electron chi connectivity index (χ2n) is 7.81. The number of anilines is 1. The van der Waals surface area contributed by atoms with Crippen LogP contribution in [0.3, 0.4) is 0 Å². The van der Waals surface area contributed by atoms with Gasteiger partial charge in [0.2, 0.25) is 0 Å². The monoisotopic (exact) mass is 363 g/mol. The SMILES string of the molecule is Nc1cccc(C[C@@H]2CNC[C@@H]2N=CC2CCN(Cc3ccccc3)C2)n1. The lowest BCUT2D eigenvalue weighted by Gasteiger charge is -2.16. The third-order valence-electron chi connectivity index (χ3n) is 5.65. The van der Waals surface area contributed by atoms with Crippen molar-refractivity contribution in [2.24, 2.45) is 16.8 Å². The van der Waals surface area contributed by atoms with E-state index in [4.69, 9.17) is 10.7 Å². The van der Waals surface area contributed by atoms with Crippen molar-refractivity contribution in [1.29, 1.82) is 0 Å². The van der Waals surface area contributed by atoms with Gasteiger partial charge in [-0.25, -0.2) is 4.98 Å². The van der Waals surface area contributed by atoms with Gasteiger partial charge in [0, 0.05) is 49.9 Å². The topological polar surface area (TPSA) is 66.5 Å². The van der Waals surface area contributed by atoms with Crippen molar-refractivity contribution in [3.63, 3.8) is 0 Å². The highest BCUT2D eigenvalue weighted by Gasteiger charge is 2.28. The van der Waals surface area contributed by atoms with Crippen molar-refractivity contribution in [1.82, 2.24) is 15.2 Å². The summed E-state index contributed by atoms with van der Waals surface area (Å²) in [5.74, 6) is 1.67. The molecule has 3 heterocycles. The number of nitrogens with two attached hydrogens (primary N) is 1. The summed E-state index contributed by atoms with van der Waals surface area (Å²) in [4.78, 5) is 12.0. The van der Waals surface area contributed by atoms with Gasteiger partial charge in [0.1, 0.15) is 5.82 Å². The number of aromatic nitrogens is 1. The second-order valence-corrected chi connectivity index (χ2v) is 7.81. The zero-order valence-corrected chi connectivity index (χ0v) is 15.8. The lowest BCUT2D eigenvalue weighted by Crippen LogP contribution is -2.22. The predicted molar refractivity (Wildman–Crippen MR) is 111 cm³/mol. The average molecular weight is 364 g/mol. The Morgan fingerprint density at radius 2 is 2.04 bits per heavy atom. The number of hydrogen-bond donors (Lipinski definition) is 2. The fourth-order valence-electron chi connectivity index (χ4n) is 4.18. The third-order valence-corrected chi connectivity index (χ3v) is 5.65. The van der Waals surface area contributed by atoms with Gasteiger partial charge in [0.25, 0.3) is 0 Å². The molecule has 2 aromatic rings. The van der Waals surface area contributed by atoms with E-state index in [0.717, 1.165) is 44.8 Å². The molecule has 2 saturated heterocycles. The molecule has 2 fully saturated rings. The van der Waals surface area contributed by atoms with Crippen LogP contribution in [0.2, 0.25) is 0 Å². The number of rotatable bonds is 6. The zero-order valence-electron chi connectivity index (χ0n) is 15.8. The van der Waals surface area contributed by atoms with Gasteiger partial charge in [-0.2, -0.15) is 0 Å². The highest BCUT2D eigenvalue weighted by atomic mass is 15.1. The number of nitrogens with zero attached hydrogens (tertiary/aromatic N) is 3. The molecule has 5 nitrogen and oxygen atoms in total. The van der Waals surface area contributed by atoms with Gasteiger partial charge < -0.3 is 11.1 Å². The van der Waals surface area contributed by atoms with Gasteiger partial charge in [0.15, 0.2) is 0 Å². The van der Waals surface area contributed by atoms with Crippen LogP contribution in [0.4, 0.5) is 5.82 Å². The molecule has 1 aromatic heterocycles. The van der Waals surface area contributed by atoms with Gasteiger partial charge in [-0.05, 0) is 37.1 Å². The first kappa shape index (κ1) is 18.1. The van der Waals surface area contributed by atoms with Gasteiger partial charge in [-0.1, -0.05) is 36.4 Å². The number of likely N-dealkylation sites (tertiary alicyclic amines) is 1. The average Bonchev–Trinajstić information content (AvgIpc) is 3.30. The number of nitrogens with one attached hydrogen (secondary N) is 1. The number of pyridine rings is 1. The van der Waals surface area contributed by atoms with Crippen LogP contribution in [0, 0.1) is 11.8 Å². The zero-order chi connectivity index (χ0) is 18.5. The van der Waals surface area contributed by atoms with Gasteiger partial charge >= 0.3 is 0 Å². The molecule has 2 aliphatic heterocycles. The van der Waals surface area contributed by atoms with Crippen LogP contribution in [0.1, 0.15) is 17.7 Å². The van der Waals surface area contributed by atoms with Crippen LogP contribution in [-0.2, 0) is 13.0 Å². The van der Waals surface area contributed by atoms with E-state index in [9.17, 15) is 0 Å². The number of aliphatic imine (C=N–C) groups is 1. The summed E-state index contributed by atoms with van der Waals surface area (Å²) in [6.07, 6.45) is 4.37. The Labute approximate surface area is 161 Å². The summed E-state index contributed by atoms with van der Waals surface area (Å²) in [5.41, 5.74) is 8.28. The van der Waals surface area contributed by atoms with E-state index in [0.29, 0.717) is 23.7 Å². The van der Waals surface area contributed by atoms with Crippen molar-refractivity contribution >= 4 is 12.0 Å². The van der Waals surface area contributed by atoms with Crippen LogP contribution < -0.4 is 11.1 Å². The molecule has 1 aromatic carbocycles. The number of nitrogen functional groups attached to an aromatic ring is 1. The molecule has 0 radical (unpaired) electrons. The Morgan fingerprint density at radius 3 is 2.89 bits per heavy atom. The van der Waals surface area contributed by atoms with Crippen LogP contribution in [-0.4, -0.2) is 48.3 Å². The molecule has 0 spiro atoms. The summed E-state index contributed by atoms with van der Waals surface area (Å²) in [5, 5.41) is 3.49. The van der Waals surface area contributed by atoms with Crippen LogP contribution >= 0.6 is 0 Å². The maximum atomic E-state index is 5.82. The lowest BCUT2D eigenvalue weighted by molar-refractivity contribution is 0.326. The summed E-state index contributed by atoms with van der Waals surface area (Å²) in [6, 6.07) is 17.0. The summed E-state index contributed by atoms with van der Waals surface area (Å²) >= 11 is 0. The normalized spacial score (nSPS) is 26.1. The minimum Gasteiger partial charge on any atom is -0.384 e. The predicted octanol–water partition coefficient (Wildman–Crippen LogP) is 2.39. The largest absolute Gasteiger partial charge is 0.384 e. The summed E-state index contributed by atoms with van der Waals surface area (Å²) in [7, 11) is 0. The van der Waals surface area contributed by atoms with Gasteiger partial charge in [-0.3, -0.25) is 9.89 Å². The third kappa shape index (κ3) is 4.93. The van der Waals surface area contributed by atoms with E-state index >= 15 is 0 Å². The minimum absolute atomic E-state index is 0.344. The van der Waals surface area contributed by atoms with Crippen LogP contribution in [0.15, 0.2) is 53.5 Å². The van der Waals surface area contributed by atoms with Crippen molar-refractivity contribution in [3.05, 3.63) is 59.8 Å². The fourth-order valence-corrected chi connectivity index (χ4v) is 4.18. The first-order chi connectivity index (χ1) is 13.3. The Kier molecular flexibility index (Phi) is 5.80. The molecular weight excluding hydrogens is 334 g/mol. The molecule has 3 atom stereocenters. The van der Waals surface area contributed by atoms with E-state index in [1.165, 1.54) is 12.0 Å². The van der Waals surface area contributed by atoms with Crippen molar-refractivity contribution in [3.8, 4) is 0 Å². The molecule has 142 valence electrons. The molecule has 3 N–H and O–H groups in total. The molecule has 5 heteroatoms. The summed E-state index contributed by atoms with van der Waals surface area (Å²) in [6.45, 7) is 5.28. The fraction of sp³-hybridized carbons (Fsp3) is 0.455. The maximum absolute atomic E-state index is 5.82.